The number of nitro benzene ring substituents is 1. The summed E-state index contributed by atoms with van der Waals surface area (Å²) in [7, 11) is 3.11. The molecule has 0 bridgehead atoms. The molecule has 0 aromatic heterocycles. The molecule has 0 radical (unpaired) electrons. The Bertz CT molecular complexity index is 609. The van der Waals surface area contributed by atoms with Crippen LogP contribution in [-0.4, -0.2) is 66.8 Å². The summed E-state index contributed by atoms with van der Waals surface area (Å²) >= 11 is 0. The van der Waals surface area contributed by atoms with Crippen LogP contribution in [0.4, 0.5) is 5.69 Å². The van der Waals surface area contributed by atoms with Crippen molar-refractivity contribution in [1.82, 2.24) is 15.1 Å². The van der Waals surface area contributed by atoms with Gasteiger partial charge in [0.1, 0.15) is 0 Å². The van der Waals surface area contributed by atoms with Gasteiger partial charge in [0.05, 0.1) is 4.92 Å². The molecule has 2 rings (SSSR count). The summed E-state index contributed by atoms with van der Waals surface area (Å²) in [4.78, 5) is 37.9. The van der Waals surface area contributed by atoms with Gasteiger partial charge in [-0.2, -0.15) is 0 Å². The Morgan fingerprint density at radius 1 is 1.18 bits per heavy atom. The van der Waals surface area contributed by atoms with E-state index in [1.165, 1.54) is 23.1 Å². The van der Waals surface area contributed by atoms with Crippen molar-refractivity contribution >= 4 is 17.5 Å². The molecule has 8 heteroatoms. The fourth-order valence-corrected chi connectivity index (χ4v) is 2.27. The number of carbonyl (C=O) groups excluding carboxylic acids is 2. The molecule has 1 fully saturated rings. The lowest BCUT2D eigenvalue weighted by Crippen LogP contribution is -2.46. The maximum Gasteiger partial charge on any atom is 0.271 e. The number of piperazine rings is 1. The molecule has 22 heavy (non-hydrogen) atoms. The fraction of sp³-hybridized carbons (Fsp3) is 0.429. The summed E-state index contributed by atoms with van der Waals surface area (Å²) in [5, 5.41) is 14.2. The van der Waals surface area contributed by atoms with Gasteiger partial charge in [0.2, 0.25) is 0 Å². The minimum absolute atomic E-state index is 0.137. The van der Waals surface area contributed by atoms with Gasteiger partial charge in [0.15, 0.2) is 0 Å². The van der Waals surface area contributed by atoms with Crippen molar-refractivity contribution in [1.29, 1.82) is 0 Å². The van der Waals surface area contributed by atoms with E-state index in [1.54, 1.807) is 19.0 Å². The first-order valence-electron chi connectivity index (χ1n) is 6.91. The normalized spacial score (nSPS) is 14.5. The lowest BCUT2D eigenvalue weighted by molar-refractivity contribution is -0.384. The van der Waals surface area contributed by atoms with E-state index < -0.39 is 4.92 Å². The second-order valence-corrected chi connectivity index (χ2v) is 5.27. The minimum Gasteiger partial charge on any atom is -0.345 e. The zero-order valence-corrected chi connectivity index (χ0v) is 12.5. The van der Waals surface area contributed by atoms with Crippen LogP contribution in [0.15, 0.2) is 18.2 Å². The van der Waals surface area contributed by atoms with Crippen LogP contribution >= 0.6 is 0 Å². The van der Waals surface area contributed by atoms with Gasteiger partial charge >= 0.3 is 0 Å². The summed E-state index contributed by atoms with van der Waals surface area (Å²) in [6.45, 7) is 2.45. The molecule has 2 amide bonds. The Balaban J connectivity index is 2.39. The minimum atomic E-state index is -0.596. The van der Waals surface area contributed by atoms with Crippen LogP contribution in [0.2, 0.25) is 0 Å². The SMILES string of the molecule is CN(C)C(=O)c1cc(C(=O)N2CCNCC2)cc([N+](=O)[O-])c1. The van der Waals surface area contributed by atoms with Crippen LogP contribution in [0.3, 0.4) is 0 Å². The highest BCUT2D eigenvalue weighted by molar-refractivity contribution is 6.00. The number of carbonyl (C=O) groups is 2. The molecular weight excluding hydrogens is 288 g/mol. The topological polar surface area (TPSA) is 95.8 Å². The first-order valence-corrected chi connectivity index (χ1v) is 6.91. The van der Waals surface area contributed by atoms with Gasteiger partial charge in [-0.05, 0) is 6.07 Å². The van der Waals surface area contributed by atoms with Gasteiger partial charge in [0.25, 0.3) is 17.5 Å². The van der Waals surface area contributed by atoms with E-state index in [2.05, 4.69) is 5.32 Å². The number of rotatable bonds is 3. The number of non-ortho nitro benzene ring substituents is 1. The van der Waals surface area contributed by atoms with Crippen LogP contribution < -0.4 is 5.32 Å². The van der Waals surface area contributed by atoms with E-state index in [0.29, 0.717) is 26.2 Å². The predicted octanol–water partition coefficient (Wildman–Crippen LogP) is 0.342. The lowest BCUT2D eigenvalue weighted by Gasteiger charge is -2.27. The Labute approximate surface area is 127 Å². The largest absolute Gasteiger partial charge is 0.345 e. The van der Waals surface area contributed by atoms with Gasteiger partial charge in [0, 0.05) is 63.5 Å². The molecule has 118 valence electrons. The maximum atomic E-state index is 12.5. The molecular formula is C14H18N4O4. The highest BCUT2D eigenvalue weighted by atomic mass is 16.6. The van der Waals surface area contributed by atoms with Crippen molar-refractivity contribution in [3.05, 3.63) is 39.4 Å². The van der Waals surface area contributed by atoms with Gasteiger partial charge in [-0.1, -0.05) is 0 Å². The highest BCUT2D eigenvalue weighted by Gasteiger charge is 2.23. The van der Waals surface area contributed by atoms with Crippen molar-refractivity contribution in [2.45, 2.75) is 0 Å². The van der Waals surface area contributed by atoms with Crippen molar-refractivity contribution in [2.24, 2.45) is 0 Å². The molecule has 0 aliphatic carbocycles. The van der Waals surface area contributed by atoms with Crippen LogP contribution in [0, 0.1) is 10.1 Å². The number of amides is 2. The number of benzene rings is 1. The molecule has 0 spiro atoms. The summed E-state index contributed by atoms with van der Waals surface area (Å²) in [5.41, 5.74) is 0.0465. The molecule has 8 nitrogen and oxygen atoms in total. The van der Waals surface area contributed by atoms with Gasteiger partial charge < -0.3 is 15.1 Å². The summed E-state index contributed by atoms with van der Waals surface area (Å²) in [6.07, 6.45) is 0. The van der Waals surface area contributed by atoms with E-state index in [4.69, 9.17) is 0 Å². The maximum absolute atomic E-state index is 12.5. The number of nitrogens with zero attached hydrogens (tertiary/aromatic N) is 3. The van der Waals surface area contributed by atoms with Crippen molar-refractivity contribution in [3.8, 4) is 0 Å². The van der Waals surface area contributed by atoms with E-state index in [9.17, 15) is 19.7 Å². The average molecular weight is 306 g/mol. The number of hydrogen-bond acceptors (Lipinski definition) is 5. The molecule has 1 aliphatic heterocycles. The molecule has 0 unspecified atom stereocenters. The number of nitrogens with one attached hydrogen (secondary N) is 1. The summed E-state index contributed by atoms with van der Waals surface area (Å²) in [6, 6.07) is 3.83. The fourth-order valence-electron chi connectivity index (χ4n) is 2.27. The Morgan fingerprint density at radius 3 is 2.32 bits per heavy atom. The molecule has 0 saturated carbocycles. The third-order valence-electron chi connectivity index (χ3n) is 3.43. The van der Waals surface area contributed by atoms with E-state index >= 15 is 0 Å². The van der Waals surface area contributed by atoms with Crippen LogP contribution in [0.1, 0.15) is 20.7 Å². The van der Waals surface area contributed by atoms with Crippen molar-refractivity contribution in [3.63, 3.8) is 0 Å². The van der Waals surface area contributed by atoms with E-state index in [0.717, 1.165) is 0 Å². The monoisotopic (exact) mass is 306 g/mol. The highest BCUT2D eigenvalue weighted by Crippen LogP contribution is 2.20. The average Bonchev–Trinajstić information content (AvgIpc) is 2.53. The summed E-state index contributed by atoms with van der Waals surface area (Å²) in [5.74, 6) is -0.670. The molecule has 0 atom stereocenters. The number of nitro groups is 1. The quantitative estimate of drug-likeness (QED) is 0.642. The summed E-state index contributed by atoms with van der Waals surface area (Å²) < 4.78 is 0. The van der Waals surface area contributed by atoms with E-state index in [1.807, 2.05) is 0 Å². The molecule has 1 aliphatic rings. The van der Waals surface area contributed by atoms with E-state index in [-0.39, 0.29) is 28.6 Å². The van der Waals surface area contributed by atoms with Crippen LogP contribution in [-0.2, 0) is 0 Å². The zero-order valence-electron chi connectivity index (χ0n) is 12.5. The standard InChI is InChI=1S/C14H18N4O4/c1-16(2)13(19)10-7-11(9-12(8-10)18(21)22)14(20)17-5-3-15-4-6-17/h7-9,15H,3-6H2,1-2H3. The first-order chi connectivity index (χ1) is 10.4. The number of hydrogen-bond donors (Lipinski definition) is 1. The third-order valence-corrected chi connectivity index (χ3v) is 3.43. The second-order valence-electron chi connectivity index (χ2n) is 5.27. The van der Waals surface area contributed by atoms with Gasteiger partial charge in [-0.15, -0.1) is 0 Å². The van der Waals surface area contributed by atoms with Crippen molar-refractivity contribution in [2.75, 3.05) is 40.3 Å². The van der Waals surface area contributed by atoms with Gasteiger partial charge in [-0.25, -0.2) is 0 Å². The predicted molar refractivity (Wildman–Crippen MR) is 79.9 cm³/mol. The Hall–Kier alpha value is -2.48. The molecule has 1 saturated heterocycles. The smallest absolute Gasteiger partial charge is 0.271 e. The lowest BCUT2D eigenvalue weighted by atomic mass is 10.1. The zero-order chi connectivity index (χ0) is 16.3. The van der Waals surface area contributed by atoms with Gasteiger partial charge in [-0.3, -0.25) is 19.7 Å². The van der Waals surface area contributed by atoms with Crippen LogP contribution in [0.5, 0.6) is 0 Å². The van der Waals surface area contributed by atoms with Crippen LogP contribution in [0.25, 0.3) is 0 Å². The molecule has 1 aromatic rings. The molecule has 1 aromatic carbocycles. The third kappa shape index (κ3) is 3.40. The molecule has 1 N–H and O–H groups in total. The second kappa shape index (κ2) is 6.52. The first kappa shape index (κ1) is 15.9. The Morgan fingerprint density at radius 2 is 1.77 bits per heavy atom. The Kier molecular flexibility index (Phi) is 4.71. The molecule has 1 heterocycles. The van der Waals surface area contributed by atoms with Crippen molar-refractivity contribution < 1.29 is 14.5 Å².